The Bertz CT molecular complexity index is 1090. The van der Waals surface area contributed by atoms with Crippen molar-refractivity contribution in [3.8, 4) is 5.13 Å². The summed E-state index contributed by atoms with van der Waals surface area (Å²) >= 11 is 1.57. The Balaban J connectivity index is 1.63. The van der Waals surface area contributed by atoms with Gasteiger partial charge in [-0.05, 0) is 24.6 Å². The molecule has 1 aliphatic rings. The van der Waals surface area contributed by atoms with Gasteiger partial charge in [-0.25, -0.2) is 4.98 Å². The highest BCUT2D eigenvalue weighted by molar-refractivity contribution is 7.20. The van der Waals surface area contributed by atoms with Crippen molar-refractivity contribution in [2.75, 3.05) is 5.32 Å². The molecule has 1 aliphatic heterocycles. The minimum absolute atomic E-state index is 0.00550. The molecule has 3 heterocycles. The number of hydrogen-bond acceptors (Lipinski definition) is 4. The van der Waals surface area contributed by atoms with Gasteiger partial charge in [0.05, 0.1) is 16.4 Å². The predicted octanol–water partition coefficient (Wildman–Crippen LogP) is 4.26. The number of rotatable bonds is 2. The first-order chi connectivity index (χ1) is 12.7. The Kier molecular flexibility index (Phi) is 3.39. The van der Waals surface area contributed by atoms with E-state index in [-0.39, 0.29) is 11.8 Å². The monoisotopic (exact) mass is 360 g/mol. The molecule has 2 aromatic carbocycles. The number of aryl methyl sites for hydroxylation is 1. The Hall–Kier alpha value is -2.99. The Morgan fingerprint density at radius 3 is 2.77 bits per heavy atom. The van der Waals surface area contributed by atoms with Gasteiger partial charge in [0, 0.05) is 17.9 Å². The SMILES string of the molecule is Cc1ccc([C@H]2CC(=O)Nc3c2cnn3-c2nc3ccccc3s2)cc1. The summed E-state index contributed by atoms with van der Waals surface area (Å²) in [4.78, 5) is 17.0. The molecule has 1 amide bonds. The highest BCUT2D eigenvalue weighted by Gasteiger charge is 2.30. The third-order valence-corrected chi connectivity index (χ3v) is 5.78. The Morgan fingerprint density at radius 2 is 1.96 bits per heavy atom. The molecule has 4 aromatic rings. The second-order valence-corrected chi connectivity index (χ2v) is 7.55. The summed E-state index contributed by atoms with van der Waals surface area (Å²) in [6, 6.07) is 16.4. The van der Waals surface area contributed by atoms with E-state index in [0.717, 1.165) is 32.3 Å². The summed E-state index contributed by atoms with van der Waals surface area (Å²) in [5.74, 6) is 0.749. The van der Waals surface area contributed by atoms with Crippen LogP contribution in [0.5, 0.6) is 0 Å². The fourth-order valence-electron chi connectivity index (χ4n) is 3.41. The molecule has 2 aromatic heterocycles. The smallest absolute Gasteiger partial charge is 0.226 e. The zero-order valence-corrected chi connectivity index (χ0v) is 15.0. The lowest BCUT2D eigenvalue weighted by atomic mass is 9.87. The quantitative estimate of drug-likeness (QED) is 0.581. The van der Waals surface area contributed by atoms with Crippen LogP contribution >= 0.6 is 11.3 Å². The number of nitrogens with one attached hydrogen (secondary N) is 1. The number of amides is 1. The van der Waals surface area contributed by atoms with Gasteiger partial charge in [0.2, 0.25) is 11.0 Å². The van der Waals surface area contributed by atoms with E-state index in [0.29, 0.717) is 6.42 Å². The maximum absolute atomic E-state index is 12.4. The minimum Gasteiger partial charge on any atom is -0.310 e. The fourth-order valence-corrected chi connectivity index (χ4v) is 4.34. The normalized spacial score (nSPS) is 16.5. The van der Waals surface area contributed by atoms with Crippen molar-refractivity contribution in [3.05, 3.63) is 71.4 Å². The van der Waals surface area contributed by atoms with Crippen LogP contribution in [0, 0.1) is 6.92 Å². The molecule has 0 aliphatic carbocycles. The lowest BCUT2D eigenvalue weighted by Crippen LogP contribution is -2.24. The summed E-state index contributed by atoms with van der Waals surface area (Å²) in [6.45, 7) is 2.06. The van der Waals surface area contributed by atoms with Crippen molar-refractivity contribution in [3.63, 3.8) is 0 Å². The second-order valence-electron chi connectivity index (χ2n) is 6.54. The van der Waals surface area contributed by atoms with E-state index >= 15 is 0 Å². The molecule has 26 heavy (non-hydrogen) atoms. The number of aromatic nitrogens is 3. The van der Waals surface area contributed by atoms with Gasteiger partial charge < -0.3 is 5.32 Å². The fraction of sp³-hybridized carbons (Fsp3) is 0.150. The largest absolute Gasteiger partial charge is 0.310 e. The van der Waals surface area contributed by atoms with E-state index in [1.54, 1.807) is 16.0 Å². The number of hydrogen-bond donors (Lipinski definition) is 1. The summed E-state index contributed by atoms with van der Waals surface area (Å²) in [6.07, 6.45) is 2.28. The number of fused-ring (bicyclic) bond motifs is 2. The number of para-hydroxylation sites is 1. The minimum atomic E-state index is 0.00550. The maximum atomic E-state index is 12.4. The summed E-state index contributed by atoms with van der Waals surface area (Å²) in [5.41, 5.74) is 4.32. The lowest BCUT2D eigenvalue weighted by Gasteiger charge is -2.23. The summed E-state index contributed by atoms with van der Waals surface area (Å²) in [7, 11) is 0. The van der Waals surface area contributed by atoms with Crippen LogP contribution in [-0.4, -0.2) is 20.7 Å². The molecule has 1 N–H and O–H groups in total. The van der Waals surface area contributed by atoms with Crippen LogP contribution in [0.1, 0.15) is 29.0 Å². The third kappa shape index (κ3) is 2.42. The van der Waals surface area contributed by atoms with Crippen LogP contribution in [0.15, 0.2) is 54.7 Å². The molecule has 6 heteroatoms. The van der Waals surface area contributed by atoms with Gasteiger partial charge in [-0.15, -0.1) is 0 Å². The predicted molar refractivity (Wildman–Crippen MR) is 103 cm³/mol. The van der Waals surface area contributed by atoms with Gasteiger partial charge in [-0.3, -0.25) is 4.79 Å². The molecule has 0 saturated carbocycles. The van der Waals surface area contributed by atoms with Crippen molar-refractivity contribution >= 4 is 33.3 Å². The van der Waals surface area contributed by atoms with Crippen LogP contribution in [0.2, 0.25) is 0 Å². The Labute approximate surface area is 154 Å². The summed E-state index contributed by atoms with van der Waals surface area (Å²) < 4.78 is 2.85. The van der Waals surface area contributed by atoms with Crippen molar-refractivity contribution in [1.29, 1.82) is 0 Å². The van der Waals surface area contributed by atoms with E-state index in [9.17, 15) is 4.79 Å². The topological polar surface area (TPSA) is 59.8 Å². The van der Waals surface area contributed by atoms with Gasteiger partial charge in [0.1, 0.15) is 5.82 Å². The molecule has 0 radical (unpaired) electrons. The molecular weight excluding hydrogens is 344 g/mol. The maximum Gasteiger partial charge on any atom is 0.226 e. The standard InChI is InChI=1S/C20H16N4OS/c1-12-6-8-13(9-7-12)14-10-18(25)23-19-15(14)11-21-24(19)20-22-16-4-2-3-5-17(16)26-20/h2-9,11,14H,10H2,1H3,(H,23,25)/t14-/m1/s1. The number of anilines is 1. The number of benzene rings is 2. The highest BCUT2D eigenvalue weighted by atomic mass is 32.1. The van der Waals surface area contributed by atoms with Crippen LogP contribution in [0.25, 0.3) is 15.3 Å². The second kappa shape index (κ2) is 5.78. The first-order valence-corrected chi connectivity index (χ1v) is 9.31. The molecule has 0 saturated heterocycles. The molecule has 0 spiro atoms. The molecule has 0 bridgehead atoms. The molecule has 0 fully saturated rings. The number of carbonyl (C=O) groups excluding carboxylic acids is 1. The van der Waals surface area contributed by atoms with Crippen molar-refractivity contribution in [1.82, 2.24) is 14.8 Å². The van der Waals surface area contributed by atoms with Crippen LogP contribution in [0.4, 0.5) is 5.82 Å². The van der Waals surface area contributed by atoms with Crippen LogP contribution in [0.3, 0.4) is 0 Å². The van der Waals surface area contributed by atoms with Crippen LogP contribution < -0.4 is 5.32 Å². The van der Waals surface area contributed by atoms with Gasteiger partial charge in [0.15, 0.2) is 0 Å². The first-order valence-electron chi connectivity index (χ1n) is 8.49. The van der Waals surface area contributed by atoms with E-state index in [2.05, 4.69) is 46.6 Å². The van der Waals surface area contributed by atoms with Crippen molar-refractivity contribution in [2.24, 2.45) is 0 Å². The van der Waals surface area contributed by atoms with E-state index < -0.39 is 0 Å². The van der Waals surface area contributed by atoms with Gasteiger partial charge in [0.25, 0.3) is 0 Å². The first kappa shape index (κ1) is 15.3. The molecule has 0 unspecified atom stereocenters. The lowest BCUT2D eigenvalue weighted by molar-refractivity contribution is -0.116. The van der Waals surface area contributed by atoms with Crippen molar-refractivity contribution < 1.29 is 4.79 Å². The number of thiazole rings is 1. The van der Waals surface area contributed by atoms with E-state index in [1.807, 2.05) is 30.5 Å². The average Bonchev–Trinajstić information content (AvgIpc) is 3.25. The number of nitrogens with zero attached hydrogens (tertiary/aromatic N) is 3. The molecule has 5 nitrogen and oxygen atoms in total. The van der Waals surface area contributed by atoms with Gasteiger partial charge in [-0.2, -0.15) is 9.78 Å². The van der Waals surface area contributed by atoms with Crippen LogP contribution in [-0.2, 0) is 4.79 Å². The van der Waals surface area contributed by atoms with Crippen molar-refractivity contribution in [2.45, 2.75) is 19.3 Å². The zero-order chi connectivity index (χ0) is 17.7. The van der Waals surface area contributed by atoms with Gasteiger partial charge in [-0.1, -0.05) is 53.3 Å². The van der Waals surface area contributed by atoms with E-state index in [1.165, 1.54) is 5.56 Å². The molecule has 1 atom stereocenters. The number of carbonyl (C=O) groups is 1. The average molecular weight is 360 g/mol. The molecular formula is C20H16N4OS. The zero-order valence-electron chi connectivity index (χ0n) is 14.1. The van der Waals surface area contributed by atoms with Gasteiger partial charge >= 0.3 is 0 Å². The highest BCUT2D eigenvalue weighted by Crippen LogP contribution is 2.39. The molecule has 5 rings (SSSR count). The Morgan fingerprint density at radius 1 is 1.15 bits per heavy atom. The van der Waals surface area contributed by atoms with E-state index in [4.69, 9.17) is 0 Å². The summed E-state index contributed by atoms with van der Waals surface area (Å²) in [5, 5.41) is 8.29. The molecule has 128 valence electrons. The third-order valence-electron chi connectivity index (χ3n) is 4.76.